The number of thiazole rings is 1. The lowest BCUT2D eigenvalue weighted by Gasteiger charge is -2.24. The highest BCUT2D eigenvalue weighted by molar-refractivity contribution is 7.22. The Labute approximate surface area is 192 Å². The number of non-ortho nitro benzene ring substituents is 1. The molecule has 0 aliphatic rings. The highest BCUT2D eigenvalue weighted by atomic mass is 35.5. The number of nitro groups is 1. The van der Waals surface area contributed by atoms with E-state index in [1.807, 2.05) is 6.07 Å². The first-order valence-electron chi connectivity index (χ1n) is 10.1. The molecule has 31 heavy (non-hydrogen) atoms. The SMILES string of the molecule is CCc1ccc2nc(N(CCN(CC)CC)C(=O)c3cccc([N+](=O)[O-])c3)sc2c1.Cl. The number of rotatable bonds is 9. The molecule has 0 saturated carbocycles. The predicted octanol–water partition coefficient (Wildman–Crippen LogP) is 5.18. The van der Waals surface area contributed by atoms with Crippen molar-refractivity contribution in [2.24, 2.45) is 0 Å². The monoisotopic (exact) mass is 462 g/mol. The summed E-state index contributed by atoms with van der Waals surface area (Å²) in [5, 5.41) is 11.8. The van der Waals surface area contributed by atoms with Crippen LogP contribution in [0, 0.1) is 10.1 Å². The number of nitro benzene ring substituents is 1. The second kappa shape index (κ2) is 11.2. The van der Waals surface area contributed by atoms with Crippen LogP contribution in [0.3, 0.4) is 0 Å². The van der Waals surface area contributed by atoms with Crippen LogP contribution in [-0.4, -0.2) is 46.9 Å². The number of anilines is 1. The van der Waals surface area contributed by atoms with E-state index in [-0.39, 0.29) is 29.6 Å². The second-order valence-corrected chi connectivity index (χ2v) is 7.95. The Bertz CT molecular complexity index is 1050. The molecular formula is C22H27ClN4O3S. The third-order valence-electron chi connectivity index (χ3n) is 5.16. The maximum absolute atomic E-state index is 13.4. The Morgan fingerprint density at radius 2 is 1.84 bits per heavy atom. The molecule has 3 aromatic rings. The summed E-state index contributed by atoms with van der Waals surface area (Å²) in [6, 6.07) is 12.0. The van der Waals surface area contributed by atoms with Crippen LogP contribution < -0.4 is 4.90 Å². The van der Waals surface area contributed by atoms with Crippen molar-refractivity contribution in [1.82, 2.24) is 9.88 Å². The number of halogens is 1. The average Bonchev–Trinajstić information content (AvgIpc) is 3.19. The van der Waals surface area contributed by atoms with Gasteiger partial charge in [-0.05, 0) is 43.3 Å². The molecule has 3 rings (SSSR count). The zero-order valence-electron chi connectivity index (χ0n) is 17.9. The number of hydrogen-bond acceptors (Lipinski definition) is 6. The van der Waals surface area contributed by atoms with E-state index >= 15 is 0 Å². The van der Waals surface area contributed by atoms with Crippen molar-refractivity contribution in [3.8, 4) is 0 Å². The molecule has 0 bridgehead atoms. The Morgan fingerprint density at radius 1 is 1.10 bits per heavy atom. The fourth-order valence-electron chi connectivity index (χ4n) is 3.27. The summed E-state index contributed by atoms with van der Waals surface area (Å²) < 4.78 is 1.03. The van der Waals surface area contributed by atoms with Crippen molar-refractivity contribution in [3.63, 3.8) is 0 Å². The van der Waals surface area contributed by atoms with Gasteiger partial charge in [0.25, 0.3) is 11.6 Å². The van der Waals surface area contributed by atoms with Crippen LogP contribution in [0.4, 0.5) is 10.8 Å². The molecule has 2 aromatic carbocycles. The van der Waals surface area contributed by atoms with Gasteiger partial charge in [-0.3, -0.25) is 19.8 Å². The van der Waals surface area contributed by atoms with Gasteiger partial charge in [0.05, 0.1) is 15.1 Å². The van der Waals surface area contributed by atoms with E-state index in [0.717, 1.165) is 29.7 Å². The lowest BCUT2D eigenvalue weighted by atomic mass is 10.1. The van der Waals surface area contributed by atoms with Gasteiger partial charge in [0.2, 0.25) is 0 Å². The number of likely N-dealkylation sites (N-methyl/N-ethyl adjacent to an activating group) is 1. The van der Waals surface area contributed by atoms with Gasteiger partial charge < -0.3 is 4.90 Å². The minimum absolute atomic E-state index is 0. The molecule has 0 saturated heterocycles. The second-order valence-electron chi connectivity index (χ2n) is 6.94. The number of hydrogen-bond donors (Lipinski definition) is 0. The van der Waals surface area contributed by atoms with E-state index in [1.165, 1.54) is 29.0 Å². The largest absolute Gasteiger partial charge is 0.302 e. The summed E-state index contributed by atoms with van der Waals surface area (Å²) in [6.45, 7) is 9.20. The molecule has 1 aromatic heterocycles. The standard InChI is InChI=1S/C22H26N4O3S.ClH/c1-4-16-10-11-19-20(14-16)30-22(23-19)25(13-12-24(5-2)6-3)21(27)17-8-7-9-18(15-17)26(28)29;/h7-11,14-15H,4-6,12-13H2,1-3H3;1H. The van der Waals surface area contributed by atoms with Gasteiger partial charge in [-0.1, -0.05) is 44.2 Å². The molecule has 0 fully saturated rings. The van der Waals surface area contributed by atoms with Gasteiger partial charge in [0, 0.05) is 30.8 Å². The van der Waals surface area contributed by atoms with Crippen LogP contribution in [0.2, 0.25) is 0 Å². The zero-order chi connectivity index (χ0) is 21.7. The molecule has 0 spiro atoms. The number of amides is 1. The van der Waals surface area contributed by atoms with Crippen LogP contribution in [0.25, 0.3) is 10.2 Å². The number of aryl methyl sites for hydroxylation is 1. The average molecular weight is 463 g/mol. The van der Waals surface area contributed by atoms with Crippen molar-refractivity contribution < 1.29 is 9.72 Å². The van der Waals surface area contributed by atoms with Crippen LogP contribution in [0.15, 0.2) is 42.5 Å². The lowest BCUT2D eigenvalue weighted by molar-refractivity contribution is -0.384. The number of nitrogens with zero attached hydrogens (tertiary/aromatic N) is 4. The zero-order valence-corrected chi connectivity index (χ0v) is 19.5. The molecule has 1 heterocycles. The Kier molecular flexibility index (Phi) is 8.91. The van der Waals surface area contributed by atoms with Gasteiger partial charge in [-0.2, -0.15) is 0 Å². The number of carbonyl (C=O) groups excluding carboxylic acids is 1. The van der Waals surface area contributed by atoms with Crippen molar-refractivity contribution in [3.05, 3.63) is 63.7 Å². The van der Waals surface area contributed by atoms with E-state index in [4.69, 9.17) is 4.98 Å². The Balaban J connectivity index is 0.00000341. The van der Waals surface area contributed by atoms with E-state index < -0.39 is 4.92 Å². The van der Waals surface area contributed by atoms with Crippen molar-refractivity contribution in [2.45, 2.75) is 27.2 Å². The number of fused-ring (bicyclic) bond motifs is 1. The lowest BCUT2D eigenvalue weighted by Crippen LogP contribution is -2.38. The summed E-state index contributed by atoms with van der Waals surface area (Å²) >= 11 is 1.48. The summed E-state index contributed by atoms with van der Waals surface area (Å²) in [7, 11) is 0. The molecule has 1 amide bonds. The predicted molar refractivity (Wildman–Crippen MR) is 129 cm³/mol. The first kappa shape index (κ1) is 24.7. The topological polar surface area (TPSA) is 79.6 Å². The summed E-state index contributed by atoms with van der Waals surface area (Å²) in [4.78, 5) is 32.6. The first-order chi connectivity index (χ1) is 14.5. The number of aromatic nitrogens is 1. The van der Waals surface area contributed by atoms with Crippen LogP contribution in [0.1, 0.15) is 36.7 Å². The number of carbonyl (C=O) groups is 1. The van der Waals surface area contributed by atoms with E-state index in [0.29, 0.717) is 18.2 Å². The van der Waals surface area contributed by atoms with Gasteiger partial charge in [-0.25, -0.2) is 4.98 Å². The Hall–Kier alpha value is -2.55. The summed E-state index contributed by atoms with van der Waals surface area (Å²) in [6.07, 6.45) is 0.932. The molecule has 166 valence electrons. The Morgan fingerprint density at radius 3 is 2.48 bits per heavy atom. The molecule has 9 heteroatoms. The molecule has 0 N–H and O–H groups in total. The van der Waals surface area contributed by atoms with E-state index in [2.05, 4.69) is 37.8 Å². The molecule has 0 unspecified atom stereocenters. The quantitative estimate of drug-likeness (QED) is 0.323. The van der Waals surface area contributed by atoms with Crippen LogP contribution in [0.5, 0.6) is 0 Å². The molecule has 0 atom stereocenters. The van der Waals surface area contributed by atoms with Crippen LogP contribution in [-0.2, 0) is 6.42 Å². The third kappa shape index (κ3) is 5.78. The molecule has 7 nitrogen and oxygen atoms in total. The van der Waals surface area contributed by atoms with Gasteiger partial charge in [0.15, 0.2) is 5.13 Å². The van der Waals surface area contributed by atoms with Crippen LogP contribution >= 0.6 is 23.7 Å². The van der Waals surface area contributed by atoms with E-state index in [9.17, 15) is 14.9 Å². The van der Waals surface area contributed by atoms with Gasteiger partial charge >= 0.3 is 0 Å². The number of benzene rings is 2. The van der Waals surface area contributed by atoms with Gasteiger partial charge in [-0.15, -0.1) is 12.4 Å². The van der Waals surface area contributed by atoms with E-state index in [1.54, 1.807) is 17.0 Å². The molecule has 0 radical (unpaired) electrons. The third-order valence-corrected chi connectivity index (χ3v) is 6.21. The minimum atomic E-state index is -0.485. The van der Waals surface area contributed by atoms with Crippen molar-refractivity contribution in [2.75, 3.05) is 31.1 Å². The van der Waals surface area contributed by atoms with Gasteiger partial charge in [0.1, 0.15) is 0 Å². The maximum atomic E-state index is 13.4. The normalized spacial score (nSPS) is 10.8. The maximum Gasteiger partial charge on any atom is 0.270 e. The fourth-order valence-corrected chi connectivity index (χ4v) is 4.32. The van der Waals surface area contributed by atoms with Crippen molar-refractivity contribution in [1.29, 1.82) is 0 Å². The highest BCUT2D eigenvalue weighted by Gasteiger charge is 2.23. The molecular weight excluding hydrogens is 436 g/mol. The molecule has 0 aliphatic carbocycles. The minimum Gasteiger partial charge on any atom is -0.302 e. The fraction of sp³-hybridized carbons (Fsp3) is 0.364. The van der Waals surface area contributed by atoms with Crippen molar-refractivity contribution >= 4 is 50.7 Å². The summed E-state index contributed by atoms with van der Waals surface area (Å²) in [5.41, 5.74) is 2.27. The summed E-state index contributed by atoms with van der Waals surface area (Å²) in [5.74, 6) is -0.277. The highest BCUT2D eigenvalue weighted by Crippen LogP contribution is 2.31. The first-order valence-corrected chi connectivity index (χ1v) is 11.0. The molecule has 0 aliphatic heterocycles. The smallest absolute Gasteiger partial charge is 0.270 e.